The summed E-state index contributed by atoms with van der Waals surface area (Å²) in [5.41, 5.74) is 1.11. The van der Waals surface area contributed by atoms with Gasteiger partial charge in [0.25, 0.3) is 0 Å². The number of methoxy groups -OCH3 is 2. The molecule has 3 saturated heterocycles. The molecule has 0 aliphatic carbocycles. The number of carboxylic acid groups (broad SMARTS) is 1. The normalized spacial score (nSPS) is 22.9. The number of hydrogen-bond donors (Lipinski definition) is 1. The zero-order valence-corrected chi connectivity index (χ0v) is 23.2. The third-order valence-corrected chi connectivity index (χ3v) is 8.47. The molecule has 3 heterocycles. The monoisotopic (exact) mass is 518 g/mol. The summed E-state index contributed by atoms with van der Waals surface area (Å²) in [7, 11) is 2.91. The minimum atomic E-state index is -0.831. The van der Waals surface area contributed by atoms with Gasteiger partial charge in [0.15, 0.2) is 0 Å². The highest BCUT2D eigenvalue weighted by Crippen LogP contribution is 2.38. The van der Waals surface area contributed by atoms with E-state index in [0.29, 0.717) is 13.1 Å². The summed E-state index contributed by atoms with van der Waals surface area (Å²) in [5, 5.41) is 9.13. The van der Waals surface area contributed by atoms with Crippen molar-refractivity contribution >= 4 is 18.7 Å². The summed E-state index contributed by atoms with van der Waals surface area (Å²) in [4.78, 5) is 15.1. The van der Waals surface area contributed by atoms with E-state index in [1.54, 1.807) is 14.2 Å². The van der Waals surface area contributed by atoms with Gasteiger partial charge >= 0.3 is 13.2 Å². The minimum Gasteiger partial charge on any atom is -0.496 e. The van der Waals surface area contributed by atoms with E-state index in [0.717, 1.165) is 74.3 Å². The Kier molecular flexibility index (Phi) is 8.63. The summed E-state index contributed by atoms with van der Waals surface area (Å²) < 4.78 is 30.4. The van der Waals surface area contributed by atoms with E-state index < -0.39 is 24.4 Å². The largest absolute Gasteiger partial charge is 0.496 e. The van der Waals surface area contributed by atoms with E-state index in [9.17, 15) is 4.79 Å². The molecule has 1 aromatic carbocycles. The molecule has 0 radical (unpaired) electrons. The lowest BCUT2D eigenvalue weighted by Gasteiger charge is -2.36. The molecule has 0 spiro atoms. The van der Waals surface area contributed by atoms with Gasteiger partial charge in [0, 0.05) is 38.3 Å². The smallest absolute Gasteiger partial charge is 0.495 e. The highest BCUT2D eigenvalue weighted by atomic mass is 16.7. The molecule has 1 N–H and O–H groups in total. The van der Waals surface area contributed by atoms with Crippen LogP contribution in [0.5, 0.6) is 11.5 Å². The van der Waals surface area contributed by atoms with Crippen molar-refractivity contribution in [3.63, 3.8) is 0 Å². The van der Waals surface area contributed by atoms with Crippen molar-refractivity contribution in [3.8, 4) is 11.5 Å². The molecule has 0 unspecified atom stereocenters. The molecule has 37 heavy (non-hydrogen) atoms. The van der Waals surface area contributed by atoms with Crippen LogP contribution < -0.4 is 14.9 Å². The van der Waals surface area contributed by atoms with E-state index in [1.165, 1.54) is 4.90 Å². The Bertz CT molecular complexity index is 900. The number of likely N-dealkylation sites (tertiary alicyclic amines) is 2. The molecule has 0 atom stereocenters. The standard InChI is InChI=1S/C27H43BN2O7/c1-26(2)27(3,4)37-28(36-26)19-17-23(33-5)22(24(18-19)34-6)11-14-29-12-7-20(8-13-29)35-21-9-15-30(16-10-21)25(31)32/h17-18,20-21H,7-16H2,1-6H3,(H,31,32). The van der Waals surface area contributed by atoms with Gasteiger partial charge in [-0.1, -0.05) is 0 Å². The first-order valence-electron chi connectivity index (χ1n) is 13.5. The Morgan fingerprint density at radius 2 is 1.43 bits per heavy atom. The SMILES string of the molecule is COc1cc(B2OC(C)(C)C(C)(C)O2)cc(OC)c1CCN1CCC(OC2CCN(C(=O)O)CC2)CC1. The van der Waals surface area contributed by atoms with Crippen LogP contribution in [0.3, 0.4) is 0 Å². The predicted molar refractivity (Wildman–Crippen MR) is 142 cm³/mol. The number of benzene rings is 1. The van der Waals surface area contributed by atoms with Crippen molar-refractivity contribution in [2.45, 2.75) is 83.2 Å². The maximum atomic E-state index is 11.1. The van der Waals surface area contributed by atoms with Gasteiger partial charge in [-0.15, -0.1) is 0 Å². The van der Waals surface area contributed by atoms with Gasteiger partial charge in [0.2, 0.25) is 0 Å². The highest BCUT2D eigenvalue weighted by molar-refractivity contribution is 6.62. The molecule has 0 aromatic heterocycles. The lowest BCUT2D eigenvalue weighted by Crippen LogP contribution is -2.43. The maximum Gasteiger partial charge on any atom is 0.495 e. The first kappa shape index (κ1) is 28.0. The number of hydrogen-bond acceptors (Lipinski definition) is 7. The van der Waals surface area contributed by atoms with Crippen molar-refractivity contribution < 1.29 is 33.4 Å². The molecule has 9 nitrogen and oxygen atoms in total. The lowest BCUT2D eigenvalue weighted by molar-refractivity contribution is -0.0624. The molecule has 0 bridgehead atoms. The predicted octanol–water partition coefficient (Wildman–Crippen LogP) is 3.17. The molecule has 4 rings (SSSR count). The van der Waals surface area contributed by atoms with E-state index in [4.69, 9.17) is 28.6 Å². The van der Waals surface area contributed by atoms with Crippen LogP contribution in [0.4, 0.5) is 4.79 Å². The van der Waals surface area contributed by atoms with Crippen molar-refractivity contribution in [2.24, 2.45) is 0 Å². The van der Waals surface area contributed by atoms with Crippen molar-refractivity contribution in [1.29, 1.82) is 0 Å². The van der Waals surface area contributed by atoms with E-state index in [1.807, 2.05) is 39.8 Å². The Morgan fingerprint density at radius 1 is 0.946 bits per heavy atom. The first-order chi connectivity index (χ1) is 17.5. The molecular weight excluding hydrogens is 475 g/mol. The Hall–Kier alpha value is -2.01. The molecule has 3 aliphatic rings. The van der Waals surface area contributed by atoms with Gasteiger partial charge in [-0.2, -0.15) is 0 Å². The third kappa shape index (κ3) is 6.36. The third-order valence-electron chi connectivity index (χ3n) is 8.47. The van der Waals surface area contributed by atoms with Crippen LogP contribution in [0, 0.1) is 0 Å². The second-order valence-corrected chi connectivity index (χ2v) is 11.4. The summed E-state index contributed by atoms with van der Waals surface area (Å²) in [6, 6.07) is 4.02. The zero-order valence-electron chi connectivity index (χ0n) is 23.2. The van der Waals surface area contributed by atoms with Gasteiger partial charge in [-0.3, -0.25) is 0 Å². The molecule has 206 valence electrons. The van der Waals surface area contributed by atoms with Gasteiger partial charge < -0.3 is 38.4 Å². The molecular formula is C27H43BN2O7. The summed E-state index contributed by atoms with van der Waals surface area (Å²) in [6.45, 7) is 12.2. The average Bonchev–Trinajstić information content (AvgIpc) is 3.10. The first-order valence-corrected chi connectivity index (χ1v) is 13.5. The topological polar surface area (TPSA) is 89.9 Å². The Labute approximate surface area is 221 Å². The van der Waals surface area contributed by atoms with Crippen LogP contribution in [0.2, 0.25) is 0 Å². The summed E-state index contributed by atoms with van der Waals surface area (Å²) >= 11 is 0. The number of rotatable bonds is 8. The van der Waals surface area contributed by atoms with Crippen LogP contribution >= 0.6 is 0 Å². The fraction of sp³-hybridized carbons (Fsp3) is 0.741. The Balaban J connectivity index is 1.31. The van der Waals surface area contributed by atoms with E-state index in [-0.39, 0.29) is 12.2 Å². The van der Waals surface area contributed by atoms with Gasteiger partial charge in [-0.05, 0) is 77.4 Å². The quantitative estimate of drug-likeness (QED) is 0.525. The fourth-order valence-electron chi connectivity index (χ4n) is 5.36. The number of ether oxygens (including phenoxy) is 3. The van der Waals surface area contributed by atoms with E-state index in [2.05, 4.69) is 4.90 Å². The van der Waals surface area contributed by atoms with Crippen LogP contribution in [-0.2, 0) is 20.5 Å². The highest BCUT2D eigenvalue weighted by Gasteiger charge is 2.52. The molecule has 1 aromatic rings. The van der Waals surface area contributed by atoms with Crippen LogP contribution in [0.15, 0.2) is 12.1 Å². The van der Waals surface area contributed by atoms with Crippen LogP contribution in [-0.4, -0.2) is 98.5 Å². The average molecular weight is 518 g/mol. The summed E-state index contributed by atoms with van der Waals surface area (Å²) in [6.07, 6.45) is 3.96. The number of nitrogens with zero attached hydrogens (tertiary/aromatic N) is 2. The van der Waals surface area contributed by atoms with Crippen molar-refractivity contribution in [1.82, 2.24) is 9.80 Å². The van der Waals surface area contributed by atoms with Crippen LogP contribution in [0.25, 0.3) is 0 Å². The number of amides is 1. The minimum absolute atomic E-state index is 0.170. The Morgan fingerprint density at radius 3 is 1.89 bits per heavy atom. The van der Waals surface area contributed by atoms with Gasteiger partial charge in [0.05, 0.1) is 37.6 Å². The van der Waals surface area contributed by atoms with Gasteiger partial charge in [-0.25, -0.2) is 4.79 Å². The second kappa shape index (κ2) is 11.4. The zero-order chi connectivity index (χ0) is 26.8. The van der Waals surface area contributed by atoms with Crippen molar-refractivity contribution in [3.05, 3.63) is 17.7 Å². The number of piperidine rings is 2. The fourth-order valence-corrected chi connectivity index (χ4v) is 5.36. The maximum absolute atomic E-state index is 11.1. The number of carbonyl (C=O) groups is 1. The molecule has 1 amide bonds. The van der Waals surface area contributed by atoms with Gasteiger partial charge in [0.1, 0.15) is 11.5 Å². The van der Waals surface area contributed by atoms with E-state index >= 15 is 0 Å². The van der Waals surface area contributed by atoms with Crippen LogP contribution in [0.1, 0.15) is 58.9 Å². The molecule has 3 fully saturated rings. The lowest BCUT2D eigenvalue weighted by atomic mass is 9.78. The second-order valence-electron chi connectivity index (χ2n) is 11.4. The molecule has 3 aliphatic heterocycles. The summed E-state index contributed by atoms with van der Waals surface area (Å²) in [5.74, 6) is 1.57. The molecule has 10 heteroatoms. The van der Waals surface area contributed by atoms with Crippen molar-refractivity contribution in [2.75, 3.05) is 46.9 Å². The molecule has 0 saturated carbocycles.